The van der Waals surface area contributed by atoms with Crippen molar-refractivity contribution >= 4 is 10.0 Å². The van der Waals surface area contributed by atoms with E-state index in [1.165, 1.54) is 16.7 Å². The van der Waals surface area contributed by atoms with E-state index in [1.54, 1.807) is 24.3 Å². The van der Waals surface area contributed by atoms with Gasteiger partial charge in [-0.2, -0.15) is 0 Å². The molecule has 0 heterocycles. The Labute approximate surface area is 240 Å². The molecule has 7 heteroatoms. The quantitative estimate of drug-likeness (QED) is 0.330. The van der Waals surface area contributed by atoms with Crippen LogP contribution in [0.2, 0.25) is 0 Å². The van der Waals surface area contributed by atoms with Gasteiger partial charge in [0.25, 0.3) is 0 Å². The van der Waals surface area contributed by atoms with Gasteiger partial charge in [-0.1, -0.05) is 125 Å². The van der Waals surface area contributed by atoms with Crippen molar-refractivity contribution in [2.45, 2.75) is 44.7 Å². The van der Waals surface area contributed by atoms with Gasteiger partial charge in [0.2, 0.25) is 0 Å². The predicted molar refractivity (Wildman–Crippen MR) is 145 cm³/mol. The van der Waals surface area contributed by atoms with Crippen molar-refractivity contribution in [2.24, 2.45) is 5.73 Å². The summed E-state index contributed by atoms with van der Waals surface area (Å²) in [6, 6.07) is 30.7. The van der Waals surface area contributed by atoms with E-state index in [9.17, 15) is 8.42 Å². The van der Waals surface area contributed by atoms with Gasteiger partial charge in [-0.05, 0) is 45.4 Å². The van der Waals surface area contributed by atoms with Crippen molar-refractivity contribution in [3.63, 3.8) is 0 Å². The third-order valence-electron chi connectivity index (χ3n) is 5.60. The van der Waals surface area contributed by atoms with Crippen molar-refractivity contribution in [1.82, 2.24) is 0 Å². The van der Waals surface area contributed by atoms with Gasteiger partial charge < -0.3 is 22.9 Å². The van der Waals surface area contributed by atoms with E-state index in [4.69, 9.17) is 5.73 Å². The Bertz CT molecular complexity index is 1280. The Morgan fingerprint density at radius 1 is 0.622 bits per heavy atom. The van der Waals surface area contributed by atoms with Crippen molar-refractivity contribution in [3.05, 3.63) is 141 Å². The largest absolute Gasteiger partial charge is 2.00 e. The van der Waals surface area contributed by atoms with E-state index in [1.807, 2.05) is 67.6 Å². The molecular formula is C30H33ClN2O2RuS. The van der Waals surface area contributed by atoms with Gasteiger partial charge >= 0.3 is 19.5 Å². The van der Waals surface area contributed by atoms with Crippen LogP contribution < -0.4 is 18.1 Å². The van der Waals surface area contributed by atoms with Crippen LogP contribution in [0.4, 0.5) is 0 Å². The van der Waals surface area contributed by atoms with Crippen molar-refractivity contribution in [2.75, 3.05) is 0 Å². The van der Waals surface area contributed by atoms with Gasteiger partial charge in [-0.25, -0.2) is 8.42 Å². The van der Waals surface area contributed by atoms with E-state index in [0.717, 1.165) is 16.7 Å². The normalized spacial score (nSPS) is 12.1. The summed E-state index contributed by atoms with van der Waals surface area (Å²) in [6.07, 6.45) is 0. The minimum Gasteiger partial charge on any atom is -1.00 e. The van der Waals surface area contributed by atoms with E-state index >= 15 is 0 Å². The van der Waals surface area contributed by atoms with Gasteiger partial charge in [0, 0.05) is 10.9 Å². The number of nitrogens with zero attached hydrogens (tertiary/aromatic N) is 1. The van der Waals surface area contributed by atoms with Gasteiger partial charge in [-0.15, -0.1) is 0 Å². The van der Waals surface area contributed by atoms with Crippen molar-refractivity contribution in [3.8, 4) is 0 Å². The van der Waals surface area contributed by atoms with Crippen molar-refractivity contribution in [1.29, 1.82) is 0 Å². The molecule has 0 saturated carbocycles. The summed E-state index contributed by atoms with van der Waals surface area (Å²) in [5.41, 5.74) is 13.1. The first-order chi connectivity index (χ1) is 16.7. The third kappa shape index (κ3) is 9.81. The maximum absolute atomic E-state index is 12.8. The molecule has 0 amide bonds. The van der Waals surface area contributed by atoms with Crippen LogP contribution in [0, 0.1) is 27.7 Å². The third-order valence-corrected chi connectivity index (χ3v) is 6.98. The molecule has 0 aliphatic carbocycles. The number of hydrogen-bond acceptors (Lipinski definition) is 3. The summed E-state index contributed by atoms with van der Waals surface area (Å²) in [6.45, 7) is 8.28. The minimum atomic E-state index is -3.83. The molecule has 0 saturated heterocycles. The predicted octanol–water partition coefficient (Wildman–Crippen LogP) is 4.11. The zero-order valence-electron chi connectivity index (χ0n) is 21.5. The molecule has 0 spiro atoms. The zero-order valence-corrected chi connectivity index (χ0v) is 24.8. The van der Waals surface area contributed by atoms with Gasteiger partial charge in [0.15, 0.2) is 0 Å². The Kier molecular flexibility index (Phi) is 13.4. The molecule has 0 fully saturated rings. The molecule has 0 aliphatic rings. The molecule has 2 N–H and O–H groups in total. The van der Waals surface area contributed by atoms with Gasteiger partial charge in [-0.3, -0.25) is 0 Å². The smallest absolute Gasteiger partial charge is 1.00 e. The number of halogens is 1. The maximum Gasteiger partial charge on any atom is 2.00 e. The molecule has 4 rings (SSSR count). The fourth-order valence-electron chi connectivity index (χ4n) is 3.96. The molecular weight excluding hydrogens is 589 g/mol. The number of sulfonamides is 1. The summed E-state index contributed by atoms with van der Waals surface area (Å²) in [5, 5.41) is 0. The van der Waals surface area contributed by atoms with Crippen molar-refractivity contribution < 1.29 is 40.3 Å². The number of aryl methyl sites for hydroxylation is 4. The molecule has 4 nitrogen and oxygen atoms in total. The SMILES string of the molecule is Cc1cc(C)cc(C)c1.Cc1ccc(S(=O)(=O)[N-][C@H](c2ccccc2)[C@H](N)c2ccccc2)cc1.[Cl-].[Ru+2]. The Balaban J connectivity index is 0.000000530. The molecule has 0 aliphatic heterocycles. The molecule has 0 radical (unpaired) electrons. The Morgan fingerprint density at radius 3 is 1.46 bits per heavy atom. The van der Waals surface area contributed by atoms with Gasteiger partial charge in [0.05, 0.1) is 0 Å². The molecule has 196 valence electrons. The Morgan fingerprint density at radius 2 is 1.03 bits per heavy atom. The maximum atomic E-state index is 12.8. The summed E-state index contributed by atoms with van der Waals surface area (Å²) < 4.78 is 29.9. The summed E-state index contributed by atoms with van der Waals surface area (Å²) >= 11 is 0. The van der Waals surface area contributed by atoms with Crippen LogP contribution in [-0.2, 0) is 29.5 Å². The second-order valence-electron chi connectivity index (χ2n) is 8.85. The van der Waals surface area contributed by atoms with E-state index < -0.39 is 22.1 Å². The van der Waals surface area contributed by atoms with E-state index in [2.05, 4.69) is 43.7 Å². The first-order valence-electron chi connectivity index (χ1n) is 11.6. The van der Waals surface area contributed by atoms with Crippen LogP contribution in [0.1, 0.15) is 45.5 Å². The monoisotopic (exact) mass is 622 g/mol. The van der Waals surface area contributed by atoms with Crippen LogP contribution in [0.5, 0.6) is 0 Å². The number of benzene rings is 4. The Hall–Kier alpha value is -2.34. The molecule has 4 aromatic rings. The van der Waals surface area contributed by atoms with Crippen LogP contribution in [-0.4, -0.2) is 8.42 Å². The topological polar surface area (TPSA) is 74.3 Å². The standard InChI is InChI=1S/C21H21N2O2S.C9H12.ClH.Ru/c1-16-12-14-19(15-13-16)26(24,25)23-21(18-10-6-3-7-11-18)20(22)17-8-4-2-5-9-17;1-7-4-8(2)6-9(3)5-7;;/h2-15,20-21H,22H2,1H3;4-6H,1-3H3;1H;/q-1;;;+2/p-1/t20-,21-;;;/m1.../s1. The fraction of sp³-hybridized carbons (Fsp3) is 0.200. The molecule has 4 aromatic carbocycles. The average molecular weight is 622 g/mol. The molecule has 0 bridgehead atoms. The molecule has 37 heavy (non-hydrogen) atoms. The number of rotatable bonds is 6. The first kappa shape index (κ1) is 32.7. The summed E-state index contributed by atoms with van der Waals surface area (Å²) in [5.74, 6) is 0. The van der Waals surface area contributed by atoms with E-state index in [-0.39, 0.29) is 36.8 Å². The van der Waals surface area contributed by atoms with Crippen LogP contribution in [0.3, 0.4) is 0 Å². The van der Waals surface area contributed by atoms with Gasteiger partial charge in [0.1, 0.15) is 10.0 Å². The number of nitrogens with two attached hydrogens (primary N) is 1. The van der Waals surface area contributed by atoms with Crippen LogP contribution in [0.15, 0.2) is 108 Å². The van der Waals surface area contributed by atoms with E-state index in [0.29, 0.717) is 0 Å². The van der Waals surface area contributed by atoms with Crippen LogP contribution >= 0.6 is 0 Å². The molecule has 0 aromatic heterocycles. The molecule has 2 atom stereocenters. The summed E-state index contributed by atoms with van der Waals surface area (Å²) in [4.78, 5) is 0.171. The first-order valence-corrected chi connectivity index (χ1v) is 13.0. The number of hydrogen-bond donors (Lipinski definition) is 1. The fourth-order valence-corrected chi connectivity index (χ4v) is 5.12. The summed E-state index contributed by atoms with van der Waals surface area (Å²) in [7, 11) is -3.83. The zero-order chi connectivity index (χ0) is 25.4. The molecule has 0 unspecified atom stereocenters. The van der Waals surface area contributed by atoms with Crippen LogP contribution in [0.25, 0.3) is 4.72 Å². The average Bonchev–Trinajstić information content (AvgIpc) is 2.83. The minimum absolute atomic E-state index is 0. The second kappa shape index (κ2) is 15.2. The second-order valence-corrected chi connectivity index (χ2v) is 10.5.